The smallest absolute Gasteiger partial charge is 0.252 e. The molecule has 0 radical (unpaired) electrons. The highest BCUT2D eigenvalue weighted by Crippen LogP contribution is 2.29. The van der Waals surface area contributed by atoms with E-state index in [2.05, 4.69) is 4.98 Å². The predicted octanol–water partition coefficient (Wildman–Crippen LogP) is 1.54. The summed E-state index contributed by atoms with van der Waals surface area (Å²) in [6.45, 7) is 7.10. The van der Waals surface area contributed by atoms with E-state index in [-0.39, 0.29) is 0 Å². The lowest BCUT2D eigenvalue weighted by Gasteiger charge is -2.40. The molecule has 1 atom stereocenters. The molecule has 2 heterocycles. The lowest BCUT2D eigenvalue weighted by atomic mass is 9.90. The van der Waals surface area contributed by atoms with Crippen LogP contribution in [-0.2, 0) is 0 Å². The van der Waals surface area contributed by atoms with E-state index in [4.69, 9.17) is 5.73 Å². The fourth-order valence-corrected chi connectivity index (χ4v) is 2.70. The van der Waals surface area contributed by atoms with Gasteiger partial charge in [-0.15, -0.1) is 0 Å². The van der Waals surface area contributed by atoms with Gasteiger partial charge in [0.15, 0.2) is 0 Å². The van der Waals surface area contributed by atoms with Crippen LogP contribution in [0.3, 0.4) is 0 Å². The highest BCUT2D eigenvalue weighted by atomic mass is 16.3. The number of aliphatic hydroxyl groups is 1. The van der Waals surface area contributed by atoms with Crippen molar-refractivity contribution in [3.8, 4) is 0 Å². The van der Waals surface area contributed by atoms with E-state index in [0.717, 1.165) is 30.6 Å². The van der Waals surface area contributed by atoms with Crippen molar-refractivity contribution in [3.05, 3.63) is 22.9 Å². The van der Waals surface area contributed by atoms with Gasteiger partial charge in [0, 0.05) is 18.8 Å². The fourth-order valence-electron chi connectivity index (χ4n) is 2.70. The van der Waals surface area contributed by atoms with Gasteiger partial charge >= 0.3 is 0 Å². The van der Waals surface area contributed by atoms with E-state index < -0.39 is 11.5 Å². The van der Waals surface area contributed by atoms with Crippen LogP contribution in [0.4, 0.5) is 5.82 Å². The highest BCUT2D eigenvalue weighted by molar-refractivity contribution is 5.98. The Bertz CT molecular complexity index is 530. The molecule has 0 aromatic carbocycles. The van der Waals surface area contributed by atoms with Crippen molar-refractivity contribution in [2.24, 2.45) is 5.73 Å². The third-order valence-corrected chi connectivity index (χ3v) is 4.22. The average molecular weight is 277 g/mol. The Morgan fingerprint density at radius 2 is 2.25 bits per heavy atom. The summed E-state index contributed by atoms with van der Waals surface area (Å²) in [5.41, 5.74) is 7.04. The number of nitrogens with two attached hydrogens (primary N) is 1. The highest BCUT2D eigenvalue weighted by Gasteiger charge is 2.33. The maximum atomic E-state index is 11.7. The maximum absolute atomic E-state index is 11.7. The number of hydrogen-bond donors (Lipinski definition) is 2. The topological polar surface area (TPSA) is 79.4 Å². The van der Waals surface area contributed by atoms with Gasteiger partial charge in [-0.25, -0.2) is 4.98 Å². The average Bonchev–Trinajstić information content (AvgIpc) is 2.41. The number of aryl methyl sites for hydroxylation is 2. The lowest BCUT2D eigenvalue weighted by molar-refractivity contribution is 0.0220. The first-order chi connectivity index (χ1) is 9.36. The quantitative estimate of drug-likeness (QED) is 0.878. The van der Waals surface area contributed by atoms with Crippen LogP contribution in [0.15, 0.2) is 6.07 Å². The van der Waals surface area contributed by atoms with Crippen LogP contribution < -0.4 is 10.6 Å². The number of amides is 1. The molecule has 1 fully saturated rings. The van der Waals surface area contributed by atoms with Gasteiger partial charge in [-0.05, 0) is 44.7 Å². The lowest BCUT2D eigenvalue weighted by Crippen LogP contribution is -2.48. The van der Waals surface area contributed by atoms with Gasteiger partial charge in [0.05, 0.1) is 11.2 Å². The van der Waals surface area contributed by atoms with Crippen LogP contribution in [0.25, 0.3) is 0 Å². The number of pyridine rings is 1. The minimum Gasteiger partial charge on any atom is -0.388 e. The van der Waals surface area contributed by atoms with E-state index in [1.807, 2.05) is 25.7 Å². The molecular formula is C15H23N3O2. The van der Waals surface area contributed by atoms with Gasteiger partial charge in [-0.1, -0.05) is 6.92 Å². The molecule has 1 aliphatic rings. The first-order valence-corrected chi connectivity index (χ1v) is 7.11. The van der Waals surface area contributed by atoms with Crippen molar-refractivity contribution < 1.29 is 9.90 Å². The number of carbonyl (C=O) groups excluding carboxylic acids is 1. The molecule has 0 unspecified atom stereocenters. The number of anilines is 1. The zero-order chi connectivity index (χ0) is 14.9. The van der Waals surface area contributed by atoms with Gasteiger partial charge in [0.1, 0.15) is 5.82 Å². The third kappa shape index (κ3) is 2.77. The van der Waals surface area contributed by atoms with Crippen molar-refractivity contribution >= 4 is 11.7 Å². The molecule has 0 spiro atoms. The maximum Gasteiger partial charge on any atom is 0.252 e. The Morgan fingerprint density at radius 1 is 1.55 bits per heavy atom. The Labute approximate surface area is 119 Å². The Kier molecular flexibility index (Phi) is 3.99. The molecule has 2 rings (SSSR count). The number of β-amino-alcohol motifs (C(OH)–C–C–N with tert-alkyl or cyclic N) is 1. The molecule has 5 nitrogen and oxygen atoms in total. The molecular weight excluding hydrogens is 254 g/mol. The zero-order valence-electron chi connectivity index (χ0n) is 12.4. The monoisotopic (exact) mass is 277 g/mol. The van der Waals surface area contributed by atoms with Crippen molar-refractivity contribution in [3.63, 3.8) is 0 Å². The number of nitrogens with zero attached hydrogens (tertiary/aromatic N) is 2. The summed E-state index contributed by atoms with van der Waals surface area (Å²) in [5, 5.41) is 10.5. The third-order valence-electron chi connectivity index (χ3n) is 4.22. The van der Waals surface area contributed by atoms with Gasteiger partial charge < -0.3 is 15.7 Å². The summed E-state index contributed by atoms with van der Waals surface area (Å²) < 4.78 is 0. The number of primary amides is 1. The second-order valence-electron chi connectivity index (χ2n) is 5.73. The molecule has 1 aromatic rings. The van der Waals surface area contributed by atoms with Crippen molar-refractivity contribution in [2.75, 3.05) is 18.0 Å². The second kappa shape index (κ2) is 5.40. The van der Waals surface area contributed by atoms with Crippen LogP contribution in [-0.4, -0.2) is 34.7 Å². The summed E-state index contributed by atoms with van der Waals surface area (Å²) in [7, 11) is 0. The van der Waals surface area contributed by atoms with Crippen molar-refractivity contribution in [2.45, 2.75) is 45.6 Å². The van der Waals surface area contributed by atoms with Gasteiger partial charge in [0.25, 0.3) is 5.91 Å². The predicted molar refractivity (Wildman–Crippen MR) is 78.9 cm³/mol. The number of piperidine rings is 1. The van der Waals surface area contributed by atoms with E-state index in [1.165, 1.54) is 0 Å². The zero-order valence-corrected chi connectivity index (χ0v) is 12.4. The molecule has 5 heteroatoms. The van der Waals surface area contributed by atoms with Crippen molar-refractivity contribution in [1.29, 1.82) is 0 Å². The summed E-state index contributed by atoms with van der Waals surface area (Å²) >= 11 is 0. The minimum atomic E-state index is -0.701. The Hall–Kier alpha value is -1.62. The van der Waals surface area contributed by atoms with E-state index in [0.29, 0.717) is 24.3 Å². The van der Waals surface area contributed by atoms with Crippen molar-refractivity contribution in [1.82, 2.24) is 4.98 Å². The molecule has 1 aromatic heterocycles. The number of aromatic nitrogens is 1. The molecule has 3 N–H and O–H groups in total. The summed E-state index contributed by atoms with van der Waals surface area (Å²) in [4.78, 5) is 18.2. The molecule has 1 amide bonds. The summed E-state index contributed by atoms with van der Waals surface area (Å²) in [5.74, 6) is 0.133. The molecule has 1 aliphatic heterocycles. The van der Waals surface area contributed by atoms with Gasteiger partial charge in [0.2, 0.25) is 0 Å². The number of hydrogen-bond acceptors (Lipinski definition) is 4. The van der Waals surface area contributed by atoms with Crippen LogP contribution in [0.5, 0.6) is 0 Å². The summed E-state index contributed by atoms with van der Waals surface area (Å²) in [6.07, 6.45) is 2.37. The van der Waals surface area contributed by atoms with Gasteiger partial charge in [-0.2, -0.15) is 0 Å². The SMILES string of the molecule is CC[C@@]1(O)CCCN(c2nc(C)c(C)cc2C(N)=O)C1. The molecule has 0 aliphatic carbocycles. The largest absolute Gasteiger partial charge is 0.388 e. The van der Waals surface area contributed by atoms with E-state index >= 15 is 0 Å². The first-order valence-electron chi connectivity index (χ1n) is 7.11. The molecule has 1 saturated heterocycles. The fraction of sp³-hybridized carbons (Fsp3) is 0.600. The van der Waals surface area contributed by atoms with Gasteiger partial charge in [-0.3, -0.25) is 4.79 Å². The first kappa shape index (κ1) is 14.8. The van der Waals surface area contributed by atoms with E-state index in [1.54, 1.807) is 6.07 Å². The van der Waals surface area contributed by atoms with E-state index in [9.17, 15) is 9.90 Å². The normalized spacial score (nSPS) is 22.9. The Balaban J connectivity index is 2.41. The molecule has 0 bridgehead atoms. The van der Waals surface area contributed by atoms with Crippen LogP contribution in [0.1, 0.15) is 47.8 Å². The minimum absolute atomic E-state index is 0.438. The Morgan fingerprint density at radius 3 is 2.85 bits per heavy atom. The second-order valence-corrected chi connectivity index (χ2v) is 5.73. The molecule has 20 heavy (non-hydrogen) atoms. The number of rotatable bonds is 3. The standard InChI is InChI=1S/C15H23N3O2/c1-4-15(20)6-5-7-18(9-15)14-12(13(16)19)8-10(2)11(3)17-14/h8,20H,4-7,9H2,1-3H3,(H2,16,19)/t15-/m1/s1. The number of carbonyl (C=O) groups is 1. The summed E-state index contributed by atoms with van der Waals surface area (Å²) in [6, 6.07) is 1.79. The molecule has 0 saturated carbocycles. The van der Waals surface area contributed by atoms with Crippen LogP contribution in [0.2, 0.25) is 0 Å². The molecule has 110 valence electrons. The van der Waals surface area contributed by atoms with Crippen LogP contribution >= 0.6 is 0 Å². The van der Waals surface area contributed by atoms with Crippen LogP contribution in [0, 0.1) is 13.8 Å².